The minimum Gasteiger partial charge on any atom is -0.350 e. The molecular formula is C25H25N5O2. The van der Waals surface area contributed by atoms with Crippen LogP contribution in [0.4, 0.5) is 0 Å². The predicted molar refractivity (Wildman–Crippen MR) is 122 cm³/mol. The predicted octanol–water partition coefficient (Wildman–Crippen LogP) is 4.11. The number of hydrogen-bond acceptors (Lipinski definition) is 6. The van der Waals surface area contributed by atoms with Crippen LogP contribution in [0.25, 0.3) is 22.8 Å². The SMILES string of the molecule is CCN(C)[C@H](C(=O)NCc1cccc(-c2nc(-c3ccncc3)no2)c1)c1ccccc1. The molecule has 32 heavy (non-hydrogen) atoms. The number of carbonyl (C=O) groups excluding carboxylic acids is 1. The molecule has 4 aromatic rings. The first-order valence-corrected chi connectivity index (χ1v) is 10.5. The summed E-state index contributed by atoms with van der Waals surface area (Å²) in [5.74, 6) is 0.899. The van der Waals surface area contributed by atoms with Gasteiger partial charge in [0.05, 0.1) is 0 Å². The monoisotopic (exact) mass is 427 g/mol. The van der Waals surface area contributed by atoms with Crippen molar-refractivity contribution in [3.05, 3.63) is 90.3 Å². The number of aromatic nitrogens is 3. The fourth-order valence-corrected chi connectivity index (χ4v) is 3.48. The van der Waals surface area contributed by atoms with Crippen LogP contribution in [0.1, 0.15) is 24.1 Å². The van der Waals surface area contributed by atoms with E-state index >= 15 is 0 Å². The molecule has 1 amide bonds. The van der Waals surface area contributed by atoms with Crippen molar-refractivity contribution in [2.45, 2.75) is 19.5 Å². The summed E-state index contributed by atoms with van der Waals surface area (Å²) in [5, 5.41) is 7.13. The smallest absolute Gasteiger partial charge is 0.258 e. The topological polar surface area (TPSA) is 84.2 Å². The van der Waals surface area contributed by atoms with Crippen molar-refractivity contribution < 1.29 is 9.32 Å². The summed E-state index contributed by atoms with van der Waals surface area (Å²) in [6.07, 6.45) is 3.38. The van der Waals surface area contributed by atoms with Crippen LogP contribution in [0.15, 0.2) is 83.6 Å². The van der Waals surface area contributed by atoms with Gasteiger partial charge in [-0.2, -0.15) is 4.98 Å². The number of nitrogens with one attached hydrogen (secondary N) is 1. The van der Waals surface area contributed by atoms with Crippen LogP contribution in [-0.4, -0.2) is 39.5 Å². The van der Waals surface area contributed by atoms with Gasteiger partial charge in [-0.05, 0) is 49.0 Å². The van der Waals surface area contributed by atoms with Gasteiger partial charge in [-0.25, -0.2) is 0 Å². The lowest BCUT2D eigenvalue weighted by Crippen LogP contribution is -2.38. The average molecular weight is 428 g/mol. The third-order valence-corrected chi connectivity index (χ3v) is 5.31. The van der Waals surface area contributed by atoms with Crippen LogP contribution in [0, 0.1) is 0 Å². The number of carbonyl (C=O) groups is 1. The van der Waals surface area contributed by atoms with Crippen LogP contribution in [0.2, 0.25) is 0 Å². The van der Waals surface area contributed by atoms with Gasteiger partial charge in [-0.15, -0.1) is 0 Å². The van der Waals surface area contributed by atoms with Gasteiger partial charge in [0.2, 0.25) is 11.7 Å². The fraction of sp³-hybridized carbons (Fsp3) is 0.200. The molecule has 4 rings (SSSR count). The molecule has 2 aromatic carbocycles. The van der Waals surface area contributed by atoms with Crippen LogP contribution < -0.4 is 5.32 Å². The van der Waals surface area contributed by atoms with E-state index in [2.05, 4.69) is 20.4 Å². The van der Waals surface area contributed by atoms with Crippen LogP contribution in [-0.2, 0) is 11.3 Å². The maximum atomic E-state index is 13.0. The highest BCUT2D eigenvalue weighted by atomic mass is 16.5. The molecule has 0 saturated heterocycles. The lowest BCUT2D eigenvalue weighted by molar-refractivity contribution is -0.126. The van der Waals surface area contributed by atoms with Crippen molar-refractivity contribution in [1.82, 2.24) is 25.3 Å². The van der Waals surface area contributed by atoms with Gasteiger partial charge >= 0.3 is 0 Å². The summed E-state index contributed by atoms with van der Waals surface area (Å²) in [6.45, 7) is 3.20. The maximum Gasteiger partial charge on any atom is 0.258 e. The molecular weight excluding hydrogens is 402 g/mol. The zero-order valence-electron chi connectivity index (χ0n) is 18.1. The number of benzene rings is 2. The molecule has 7 heteroatoms. The molecule has 0 radical (unpaired) electrons. The highest BCUT2D eigenvalue weighted by molar-refractivity contribution is 5.83. The quantitative estimate of drug-likeness (QED) is 0.456. The summed E-state index contributed by atoms with van der Waals surface area (Å²) < 4.78 is 5.45. The van der Waals surface area contributed by atoms with E-state index < -0.39 is 0 Å². The number of nitrogens with zero attached hydrogens (tertiary/aromatic N) is 4. The number of pyridine rings is 1. The Labute approximate surface area is 187 Å². The molecule has 0 aliphatic heterocycles. The third-order valence-electron chi connectivity index (χ3n) is 5.31. The number of likely N-dealkylation sites (N-methyl/N-ethyl adjacent to an activating group) is 1. The zero-order chi connectivity index (χ0) is 22.3. The first-order valence-electron chi connectivity index (χ1n) is 10.5. The first kappa shape index (κ1) is 21.4. The van der Waals surface area contributed by atoms with Crippen molar-refractivity contribution in [3.8, 4) is 22.8 Å². The van der Waals surface area contributed by atoms with E-state index in [4.69, 9.17) is 4.52 Å². The van der Waals surface area contributed by atoms with Crippen molar-refractivity contribution in [2.24, 2.45) is 0 Å². The lowest BCUT2D eigenvalue weighted by atomic mass is 10.0. The molecule has 162 valence electrons. The molecule has 0 aliphatic rings. The Morgan fingerprint density at radius 3 is 2.56 bits per heavy atom. The number of amides is 1. The Bertz CT molecular complexity index is 1160. The van der Waals surface area contributed by atoms with E-state index in [9.17, 15) is 4.79 Å². The van der Waals surface area contributed by atoms with Crippen molar-refractivity contribution in [3.63, 3.8) is 0 Å². The minimum absolute atomic E-state index is 0.0382. The molecule has 0 bridgehead atoms. The van der Waals surface area contributed by atoms with E-state index in [0.717, 1.165) is 28.8 Å². The third kappa shape index (κ3) is 4.90. The van der Waals surface area contributed by atoms with Crippen molar-refractivity contribution in [2.75, 3.05) is 13.6 Å². The van der Waals surface area contributed by atoms with Gasteiger partial charge < -0.3 is 9.84 Å². The Balaban J connectivity index is 1.47. The largest absolute Gasteiger partial charge is 0.350 e. The maximum absolute atomic E-state index is 13.0. The van der Waals surface area contributed by atoms with Crippen molar-refractivity contribution >= 4 is 5.91 Å². The van der Waals surface area contributed by atoms with E-state index in [1.807, 2.05) is 85.6 Å². The molecule has 0 spiro atoms. The van der Waals surface area contributed by atoms with E-state index in [-0.39, 0.29) is 11.9 Å². The Hall–Kier alpha value is -3.84. The minimum atomic E-state index is -0.344. The zero-order valence-corrected chi connectivity index (χ0v) is 18.1. The van der Waals surface area contributed by atoms with Gasteiger partial charge in [0.1, 0.15) is 6.04 Å². The summed E-state index contributed by atoms with van der Waals surface area (Å²) in [4.78, 5) is 23.6. The normalized spacial score (nSPS) is 12.0. The molecule has 2 heterocycles. The van der Waals surface area contributed by atoms with Gasteiger partial charge in [0.25, 0.3) is 5.89 Å². The fourth-order valence-electron chi connectivity index (χ4n) is 3.48. The van der Waals surface area contributed by atoms with Gasteiger partial charge in [0.15, 0.2) is 0 Å². The average Bonchev–Trinajstić information content (AvgIpc) is 3.35. The van der Waals surface area contributed by atoms with Crippen LogP contribution in [0.3, 0.4) is 0 Å². The molecule has 0 saturated carbocycles. The van der Waals surface area contributed by atoms with E-state index in [1.165, 1.54) is 0 Å². The summed E-state index contributed by atoms with van der Waals surface area (Å²) >= 11 is 0. The molecule has 7 nitrogen and oxygen atoms in total. The highest BCUT2D eigenvalue weighted by Crippen LogP contribution is 2.23. The summed E-state index contributed by atoms with van der Waals surface area (Å²) in [5.41, 5.74) is 3.56. The molecule has 1 N–H and O–H groups in total. The van der Waals surface area contributed by atoms with E-state index in [1.54, 1.807) is 12.4 Å². The second-order valence-electron chi connectivity index (χ2n) is 7.46. The summed E-state index contributed by atoms with van der Waals surface area (Å²) in [6, 6.07) is 20.9. The Morgan fingerprint density at radius 2 is 1.81 bits per heavy atom. The second kappa shape index (κ2) is 9.98. The Kier molecular flexibility index (Phi) is 6.67. The molecule has 0 aliphatic carbocycles. The Morgan fingerprint density at radius 1 is 1.03 bits per heavy atom. The van der Waals surface area contributed by atoms with Crippen LogP contribution >= 0.6 is 0 Å². The van der Waals surface area contributed by atoms with Crippen molar-refractivity contribution in [1.29, 1.82) is 0 Å². The molecule has 0 unspecified atom stereocenters. The lowest BCUT2D eigenvalue weighted by Gasteiger charge is -2.26. The number of hydrogen-bond donors (Lipinski definition) is 1. The first-order chi connectivity index (χ1) is 15.7. The molecule has 2 aromatic heterocycles. The van der Waals surface area contributed by atoms with Gasteiger partial charge in [0, 0.05) is 30.1 Å². The highest BCUT2D eigenvalue weighted by Gasteiger charge is 2.23. The van der Waals surface area contributed by atoms with E-state index in [0.29, 0.717) is 18.3 Å². The van der Waals surface area contributed by atoms with Crippen LogP contribution in [0.5, 0.6) is 0 Å². The standard InChI is InChI=1S/C25H25N5O2/c1-3-30(2)22(19-9-5-4-6-10-19)24(31)27-17-18-8-7-11-21(16-18)25-28-23(29-32-25)20-12-14-26-15-13-20/h4-16,22H,3,17H2,1-2H3,(H,27,31)/t22-/m0/s1. The summed E-state index contributed by atoms with van der Waals surface area (Å²) in [7, 11) is 1.95. The van der Waals surface area contributed by atoms with Gasteiger partial charge in [-0.3, -0.25) is 14.7 Å². The number of rotatable bonds is 8. The second-order valence-corrected chi connectivity index (χ2v) is 7.46. The van der Waals surface area contributed by atoms with Gasteiger partial charge in [-0.1, -0.05) is 54.5 Å². The molecule has 1 atom stereocenters. The molecule has 0 fully saturated rings.